The lowest BCUT2D eigenvalue weighted by Crippen LogP contribution is -1.92. The molecule has 0 aliphatic heterocycles. The number of pyridine rings is 1. The first-order valence-electron chi connectivity index (χ1n) is 5.17. The maximum Gasteiger partial charge on any atom is 0.266 e. The molecule has 0 radical (unpaired) electrons. The zero-order valence-electron chi connectivity index (χ0n) is 9.01. The lowest BCUT2D eigenvalue weighted by Gasteiger charge is -2.06. The summed E-state index contributed by atoms with van der Waals surface area (Å²) in [6.07, 6.45) is -0.930. The van der Waals surface area contributed by atoms with Crippen molar-refractivity contribution >= 4 is 11.8 Å². The zero-order valence-corrected chi connectivity index (χ0v) is 9.83. The van der Waals surface area contributed by atoms with Gasteiger partial charge >= 0.3 is 0 Å². The van der Waals surface area contributed by atoms with Crippen molar-refractivity contribution in [2.45, 2.75) is 17.2 Å². The predicted molar refractivity (Wildman–Crippen MR) is 65.2 cm³/mol. The highest BCUT2D eigenvalue weighted by Crippen LogP contribution is 2.30. The molecule has 0 bridgehead atoms. The Morgan fingerprint density at radius 1 is 1.06 bits per heavy atom. The van der Waals surface area contributed by atoms with Crippen LogP contribution in [-0.4, -0.2) is 4.98 Å². The molecular formula is C13H11F2NS. The van der Waals surface area contributed by atoms with Crippen LogP contribution < -0.4 is 0 Å². The van der Waals surface area contributed by atoms with Crippen LogP contribution in [0.2, 0.25) is 0 Å². The molecule has 1 nitrogen and oxygen atoms in total. The first-order valence-corrected chi connectivity index (χ1v) is 6.15. The van der Waals surface area contributed by atoms with Gasteiger partial charge in [-0.1, -0.05) is 30.3 Å². The van der Waals surface area contributed by atoms with Crippen molar-refractivity contribution in [3.05, 3.63) is 59.8 Å². The fourth-order valence-electron chi connectivity index (χ4n) is 1.42. The van der Waals surface area contributed by atoms with E-state index < -0.39 is 6.43 Å². The van der Waals surface area contributed by atoms with E-state index in [2.05, 4.69) is 4.98 Å². The molecule has 0 atom stereocenters. The normalized spacial score (nSPS) is 10.8. The van der Waals surface area contributed by atoms with Gasteiger partial charge in [0.25, 0.3) is 6.43 Å². The summed E-state index contributed by atoms with van der Waals surface area (Å²) >= 11 is 1.34. The lowest BCUT2D eigenvalue weighted by atomic mass is 10.2. The van der Waals surface area contributed by atoms with E-state index in [1.165, 1.54) is 23.9 Å². The van der Waals surface area contributed by atoms with Crippen LogP contribution in [0.25, 0.3) is 0 Å². The molecule has 0 N–H and O–H groups in total. The molecule has 1 aromatic heterocycles. The highest BCUT2D eigenvalue weighted by atomic mass is 32.2. The summed E-state index contributed by atoms with van der Waals surface area (Å²) in [5.74, 6) is 0.650. The first kappa shape index (κ1) is 12.0. The van der Waals surface area contributed by atoms with Gasteiger partial charge in [-0.05, 0) is 17.7 Å². The van der Waals surface area contributed by atoms with E-state index in [0.717, 1.165) is 5.56 Å². The third-order valence-corrected chi connectivity index (χ3v) is 3.35. The molecule has 0 fully saturated rings. The van der Waals surface area contributed by atoms with E-state index in [1.807, 2.05) is 30.3 Å². The summed E-state index contributed by atoms with van der Waals surface area (Å²) in [5, 5.41) is 0.409. The highest BCUT2D eigenvalue weighted by Gasteiger charge is 2.13. The summed E-state index contributed by atoms with van der Waals surface area (Å²) < 4.78 is 25.4. The van der Waals surface area contributed by atoms with Crippen molar-refractivity contribution in [2.24, 2.45) is 0 Å². The second kappa shape index (κ2) is 5.77. The standard InChI is InChI=1S/C13H11F2NS/c14-12(15)11-7-4-8-16-13(11)17-9-10-5-2-1-3-6-10/h1-8,12H,9H2. The zero-order chi connectivity index (χ0) is 12.1. The van der Waals surface area contributed by atoms with E-state index in [1.54, 1.807) is 6.20 Å². The van der Waals surface area contributed by atoms with Gasteiger partial charge in [0, 0.05) is 17.5 Å². The lowest BCUT2D eigenvalue weighted by molar-refractivity contribution is 0.147. The minimum absolute atomic E-state index is 0.00781. The number of halogens is 2. The van der Waals surface area contributed by atoms with Gasteiger partial charge in [0.2, 0.25) is 0 Å². The van der Waals surface area contributed by atoms with Gasteiger partial charge in [-0.15, -0.1) is 11.8 Å². The van der Waals surface area contributed by atoms with Crippen molar-refractivity contribution in [1.82, 2.24) is 4.98 Å². The van der Waals surface area contributed by atoms with E-state index in [4.69, 9.17) is 0 Å². The minimum Gasteiger partial charge on any atom is -0.249 e. The molecule has 0 aliphatic rings. The number of thioether (sulfide) groups is 1. The van der Waals surface area contributed by atoms with Crippen molar-refractivity contribution in [1.29, 1.82) is 0 Å². The van der Waals surface area contributed by atoms with Gasteiger partial charge in [-0.3, -0.25) is 0 Å². The van der Waals surface area contributed by atoms with Gasteiger partial charge in [0.1, 0.15) is 5.03 Å². The van der Waals surface area contributed by atoms with Crippen LogP contribution >= 0.6 is 11.8 Å². The Morgan fingerprint density at radius 2 is 1.82 bits per heavy atom. The van der Waals surface area contributed by atoms with Crippen molar-refractivity contribution < 1.29 is 8.78 Å². The number of aromatic nitrogens is 1. The van der Waals surface area contributed by atoms with Crippen LogP contribution in [-0.2, 0) is 5.75 Å². The van der Waals surface area contributed by atoms with Crippen LogP contribution in [0, 0.1) is 0 Å². The first-order chi connectivity index (χ1) is 8.27. The van der Waals surface area contributed by atoms with Crippen molar-refractivity contribution in [3.63, 3.8) is 0 Å². The fourth-order valence-corrected chi connectivity index (χ4v) is 2.37. The van der Waals surface area contributed by atoms with Gasteiger partial charge in [0.15, 0.2) is 0 Å². The number of hydrogen-bond acceptors (Lipinski definition) is 2. The highest BCUT2D eigenvalue weighted by molar-refractivity contribution is 7.98. The molecule has 1 aromatic carbocycles. The smallest absolute Gasteiger partial charge is 0.249 e. The average molecular weight is 251 g/mol. The third kappa shape index (κ3) is 3.27. The molecule has 0 saturated carbocycles. The third-order valence-electron chi connectivity index (χ3n) is 2.25. The molecule has 88 valence electrons. The number of hydrogen-bond donors (Lipinski definition) is 0. The van der Waals surface area contributed by atoms with Crippen LogP contribution in [0.15, 0.2) is 53.7 Å². The number of nitrogens with zero attached hydrogens (tertiary/aromatic N) is 1. The Hall–Kier alpha value is -1.42. The second-order valence-corrected chi connectivity index (χ2v) is 4.44. The molecule has 0 unspecified atom stereocenters. The topological polar surface area (TPSA) is 12.9 Å². The summed E-state index contributed by atoms with van der Waals surface area (Å²) in [6, 6.07) is 12.7. The number of benzene rings is 1. The molecule has 4 heteroatoms. The second-order valence-electron chi connectivity index (χ2n) is 3.47. The van der Waals surface area contributed by atoms with Crippen molar-refractivity contribution in [2.75, 3.05) is 0 Å². The Balaban J connectivity index is 2.09. The van der Waals surface area contributed by atoms with E-state index >= 15 is 0 Å². The maximum atomic E-state index is 12.7. The van der Waals surface area contributed by atoms with Crippen LogP contribution in [0.3, 0.4) is 0 Å². The van der Waals surface area contributed by atoms with Gasteiger partial charge in [-0.2, -0.15) is 0 Å². The van der Waals surface area contributed by atoms with E-state index in [9.17, 15) is 8.78 Å². The molecular weight excluding hydrogens is 240 g/mol. The Morgan fingerprint density at radius 3 is 2.53 bits per heavy atom. The molecule has 1 heterocycles. The van der Waals surface area contributed by atoms with Gasteiger partial charge < -0.3 is 0 Å². The van der Waals surface area contributed by atoms with E-state index in [0.29, 0.717) is 10.8 Å². The quantitative estimate of drug-likeness (QED) is 0.751. The van der Waals surface area contributed by atoms with Crippen LogP contribution in [0.5, 0.6) is 0 Å². The maximum absolute atomic E-state index is 12.7. The van der Waals surface area contributed by atoms with Crippen molar-refractivity contribution in [3.8, 4) is 0 Å². The summed E-state index contributed by atoms with van der Waals surface area (Å²) in [7, 11) is 0. The van der Waals surface area contributed by atoms with Crippen LogP contribution in [0.1, 0.15) is 17.6 Å². The monoisotopic (exact) mass is 251 g/mol. The largest absolute Gasteiger partial charge is 0.266 e. The summed E-state index contributed by atoms with van der Waals surface area (Å²) in [5.41, 5.74) is 1.11. The Labute approximate surface area is 103 Å². The molecule has 0 spiro atoms. The predicted octanol–water partition coefficient (Wildman–Crippen LogP) is 4.31. The molecule has 0 saturated heterocycles. The molecule has 0 amide bonds. The van der Waals surface area contributed by atoms with E-state index in [-0.39, 0.29) is 5.56 Å². The van der Waals surface area contributed by atoms with Crippen LogP contribution in [0.4, 0.5) is 8.78 Å². The van der Waals surface area contributed by atoms with Gasteiger partial charge in [0.05, 0.1) is 0 Å². The summed E-state index contributed by atoms with van der Waals surface area (Å²) in [4.78, 5) is 4.00. The van der Waals surface area contributed by atoms with Gasteiger partial charge in [-0.25, -0.2) is 13.8 Å². The molecule has 2 aromatic rings. The number of alkyl halides is 2. The molecule has 2 rings (SSSR count). The summed E-state index contributed by atoms with van der Waals surface area (Å²) in [6.45, 7) is 0. The molecule has 0 aliphatic carbocycles. The Kier molecular flexibility index (Phi) is 4.09. The minimum atomic E-state index is -2.47. The number of rotatable bonds is 4. The molecule has 17 heavy (non-hydrogen) atoms. The average Bonchev–Trinajstić information content (AvgIpc) is 2.38. The SMILES string of the molecule is FC(F)c1cccnc1SCc1ccccc1. The fraction of sp³-hybridized carbons (Fsp3) is 0.154. The Bertz CT molecular complexity index is 474.